The van der Waals surface area contributed by atoms with E-state index < -0.39 is 35.5 Å². The first-order valence-electron chi connectivity index (χ1n) is 8.76. The highest BCUT2D eigenvalue weighted by Crippen LogP contribution is 2.38. The molecule has 2 unspecified atom stereocenters. The van der Waals surface area contributed by atoms with Gasteiger partial charge in [-0.1, -0.05) is 0 Å². The number of allylic oxidation sites excluding steroid dienone is 3. The molecule has 26 heavy (non-hydrogen) atoms. The fourth-order valence-corrected chi connectivity index (χ4v) is 4.03. The number of aryl methyl sites for hydroxylation is 1. The number of rotatable bonds is 2. The highest BCUT2D eigenvalue weighted by molar-refractivity contribution is 5.27. The highest BCUT2D eigenvalue weighted by Gasteiger charge is 2.41. The number of fused-ring (bicyclic) bond motifs is 1. The lowest BCUT2D eigenvalue weighted by Crippen LogP contribution is -2.53. The van der Waals surface area contributed by atoms with Gasteiger partial charge in [-0.05, 0) is 13.3 Å². The van der Waals surface area contributed by atoms with E-state index in [0.717, 1.165) is 23.6 Å². The van der Waals surface area contributed by atoms with Crippen LogP contribution in [0.1, 0.15) is 29.9 Å². The molecule has 1 saturated heterocycles. The van der Waals surface area contributed by atoms with E-state index in [9.17, 15) is 13.2 Å². The SMILES string of the molecule is Cc1ncc2c(n1)CN([C@H]1COC(C3CC(F)=C(F)C=C3F)[C@@H](N)C1)C2. The van der Waals surface area contributed by atoms with Crippen molar-refractivity contribution in [3.8, 4) is 0 Å². The van der Waals surface area contributed by atoms with Gasteiger partial charge in [0.15, 0.2) is 5.83 Å². The van der Waals surface area contributed by atoms with Crippen LogP contribution < -0.4 is 5.73 Å². The maximum absolute atomic E-state index is 14.1. The fourth-order valence-electron chi connectivity index (χ4n) is 4.03. The Morgan fingerprint density at radius 2 is 2.08 bits per heavy atom. The van der Waals surface area contributed by atoms with Gasteiger partial charge in [-0.25, -0.2) is 23.1 Å². The van der Waals surface area contributed by atoms with Crippen molar-refractivity contribution in [2.24, 2.45) is 11.7 Å². The zero-order chi connectivity index (χ0) is 18.4. The third-order valence-electron chi connectivity index (χ3n) is 5.44. The van der Waals surface area contributed by atoms with Crippen molar-refractivity contribution >= 4 is 0 Å². The minimum absolute atomic E-state index is 0.0727. The lowest BCUT2D eigenvalue weighted by atomic mass is 9.84. The van der Waals surface area contributed by atoms with Crippen molar-refractivity contribution in [3.05, 3.63) is 46.8 Å². The van der Waals surface area contributed by atoms with Crippen LogP contribution in [0.3, 0.4) is 0 Å². The summed E-state index contributed by atoms with van der Waals surface area (Å²) in [5.74, 6) is -2.92. The number of aromatic nitrogens is 2. The Morgan fingerprint density at radius 1 is 1.27 bits per heavy atom. The molecule has 3 aliphatic rings. The van der Waals surface area contributed by atoms with E-state index in [1.54, 1.807) is 0 Å². The number of ether oxygens (including phenoxy) is 1. The summed E-state index contributed by atoms with van der Waals surface area (Å²) in [6, 6.07) is -0.382. The molecule has 5 nitrogen and oxygen atoms in total. The van der Waals surface area contributed by atoms with Crippen LogP contribution >= 0.6 is 0 Å². The first-order chi connectivity index (χ1) is 12.4. The lowest BCUT2D eigenvalue weighted by molar-refractivity contribution is -0.0731. The van der Waals surface area contributed by atoms with Gasteiger partial charge in [0.25, 0.3) is 0 Å². The van der Waals surface area contributed by atoms with Gasteiger partial charge in [-0.15, -0.1) is 0 Å². The van der Waals surface area contributed by atoms with Crippen molar-refractivity contribution < 1.29 is 17.9 Å². The molecule has 0 spiro atoms. The van der Waals surface area contributed by atoms with Gasteiger partial charge in [0, 0.05) is 55.3 Å². The molecule has 0 aromatic carbocycles. The molecular formula is C18H21F3N4O. The molecule has 2 N–H and O–H groups in total. The molecule has 8 heteroatoms. The normalized spacial score (nSPS) is 32.6. The third-order valence-corrected chi connectivity index (χ3v) is 5.44. The van der Waals surface area contributed by atoms with Gasteiger partial charge in [-0.3, -0.25) is 4.90 Å². The van der Waals surface area contributed by atoms with Crippen LogP contribution in [0.25, 0.3) is 0 Å². The van der Waals surface area contributed by atoms with Crippen molar-refractivity contribution in [3.63, 3.8) is 0 Å². The second kappa shape index (κ2) is 6.75. The van der Waals surface area contributed by atoms with E-state index in [2.05, 4.69) is 14.9 Å². The summed E-state index contributed by atoms with van der Waals surface area (Å²) >= 11 is 0. The second-order valence-corrected chi connectivity index (χ2v) is 7.24. The van der Waals surface area contributed by atoms with Crippen molar-refractivity contribution in [1.29, 1.82) is 0 Å². The number of hydrogen-bond donors (Lipinski definition) is 1. The maximum Gasteiger partial charge on any atom is 0.157 e. The average molecular weight is 366 g/mol. The molecule has 3 heterocycles. The van der Waals surface area contributed by atoms with E-state index >= 15 is 0 Å². The summed E-state index contributed by atoms with van der Waals surface area (Å²) in [5.41, 5.74) is 8.34. The summed E-state index contributed by atoms with van der Waals surface area (Å²) in [6.07, 6.45) is 2.04. The van der Waals surface area contributed by atoms with Crippen LogP contribution in [0.2, 0.25) is 0 Å². The smallest absolute Gasteiger partial charge is 0.157 e. The standard InChI is InChI=1S/C18H21F3N4O/c1-9-23-5-10-6-25(7-17(10)24-9)11-2-16(22)18(26-8-11)12-3-14(20)15(21)4-13(12)19/h4-5,11-12,16,18H,2-3,6-8,22H2,1H3/t11-,12?,16+,18?/m1/s1. The number of nitrogens with zero attached hydrogens (tertiary/aromatic N) is 3. The maximum atomic E-state index is 14.1. The van der Waals surface area contributed by atoms with Crippen molar-refractivity contribution in [2.45, 2.75) is 51.0 Å². The van der Waals surface area contributed by atoms with Gasteiger partial charge >= 0.3 is 0 Å². The lowest BCUT2D eigenvalue weighted by Gasteiger charge is -2.41. The number of halogens is 3. The van der Waals surface area contributed by atoms with E-state index in [4.69, 9.17) is 10.5 Å². The van der Waals surface area contributed by atoms with E-state index in [-0.39, 0.29) is 12.5 Å². The van der Waals surface area contributed by atoms with Gasteiger partial charge < -0.3 is 10.5 Å². The van der Waals surface area contributed by atoms with Gasteiger partial charge in [0.2, 0.25) is 0 Å². The molecule has 0 bridgehead atoms. The molecule has 2 aliphatic heterocycles. The van der Waals surface area contributed by atoms with Crippen molar-refractivity contribution in [1.82, 2.24) is 14.9 Å². The molecule has 1 aliphatic carbocycles. The summed E-state index contributed by atoms with van der Waals surface area (Å²) in [6.45, 7) is 3.65. The molecule has 0 radical (unpaired) electrons. The molecule has 140 valence electrons. The first-order valence-corrected chi connectivity index (χ1v) is 8.76. The molecule has 1 aromatic rings. The summed E-state index contributed by atoms with van der Waals surface area (Å²) in [7, 11) is 0. The third kappa shape index (κ3) is 3.17. The fraction of sp³-hybridized carbons (Fsp3) is 0.556. The second-order valence-electron chi connectivity index (χ2n) is 7.24. The number of hydrogen-bond acceptors (Lipinski definition) is 5. The molecule has 0 saturated carbocycles. The molecule has 4 atom stereocenters. The minimum atomic E-state index is -1.15. The predicted octanol–water partition coefficient (Wildman–Crippen LogP) is 2.61. The van der Waals surface area contributed by atoms with Crippen LogP contribution in [0, 0.1) is 12.8 Å². The number of nitrogens with two attached hydrogens (primary N) is 1. The summed E-state index contributed by atoms with van der Waals surface area (Å²) in [5, 5.41) is 0. The Hall–Kier alpha value is -1.77. The van der Waals surface area contributed by atoms with Gasteiger partial charge in [0.05, 0.1) is 18.4 Å². The quantitative estimate of drug-likeness (QED) is 0.872. The monoisotopic (exact) mass is 366 g/mol. The van der Waals surface area contributed by atoms with E-state index in [1.807, 2.05) is 13.1 Å². The predicted molar refractivity (Wildman–Crippen MR) is 88.7 cm³/mol. The van der Waals surface area contributed by atoms with Crippen LogP contribution in [0.4, 0.5) is 13.2 Å². The Morgan fingerprint density at radius 3 is 2.85 bits per heavy atom. The molecule has 1 aromatic heterocycles. The molecule has 4 rings (SSSR count). The zero-order valence-electron chi connectivity index (χ0n) is 14.5. The van der Waals surface area contributed by atoms with E-state index in [1.165, 1.54) is 0 Å². The van der Waals surface area contributed by atoms with E-state index in [0.29, 0.717) is 25.6 Å². The molecule has 1 fully saturated rings. The largest absolute Gasteiger partial charge is 0.374 e. The average Bonchev–Trinajstić information content (AvgIpc) is 3.01. The zero-order valence-corrected chi connectivity index (χ0v) is 14.5. The Bertz CT molecular complexity index is 782. The van der Waals surface area contributed by atoms with Crippen LogP contribution in [-0.2, 0) is 17.8 Å². The van der Waals surface area contributed by atoms with Gasteiger partial charge in [-0.2, -0.15) is 0 Å². The highest BCUT2D eigenvalue weighted by atomic mass is 19.2. The molecular weight excluding hydrogens is 345 g/mol. The van der Waals surface area contributed by atoms with Crippen LogP contribution in [-0.4, -0.2) is 39.7 Å². The van der Waals surface area contributed by atoms with Crippen LogP contribution in [0.5, 0.6) is 0 Å². The first kappa shape index (κ1) is 17.6. The van der Waals surface area contributed by atoms with Gasteiger partial charge in [0.1, 0.15) is 17.5 Å². The Labute approximate surface area is 149 Å². The Balaban J connectivity index is 1.41. The topological polar surface area (TPSA) is 64.3 Å². The minimum Gasteiger partial charge on any atom is -0.374 e. The summed E-state index contributed by atoms with van der Waals surface area (Å²) in [4.78, 5) is 10.9. The Kier molecular flexibility index (Phi) is 4.58. The van der Waals surface area contributed by atoms with Crippen LogP contribution in [0.15, 0.2) is 29.8 Å². The van der Waals surface area contributed by atoms with Crippen molar-refractivity contribution in [2.75, 3.05) is 6.61 Å². The summed E-state index contributed by atoms with van der Waals surface area (Å²) < 4.78 is 46.7. The molecule has 0 amide bonds.